The number of benzene rings is 1. The highest BCUT2D eigenvalue weighted by atomic mass is 16.2. The molecule has 2 fully saturated rings. The highest BCUT2D eigenvalue weighted by Gasteiger charge is 2.49. The van der Waals surface area contributed by atoms with Crippen molar-refractivity contribution in [1.29, 1.82) is 0 Å². The molecule has 11 nitrogen and oxygen atoms in total. The number of nitrogens with zero attached hydrogens (tertiary/aromatic N) is 1. The van der Waals surface area contributed by atoms with E-state index in [4.69, 9.17) is 5.73 Å². The van der Waals surface area contributed by atoms with Crippen molar-refractivity contribution in [3.8, 4) is 0 Å². The van der Waals surface area contributed by atoms with Crippen LogP contribution in [0.25, 0.3) is 0 Å². The van der Waals surface area contributed by atoms with Crippen LogP contribution in [0.4, 0.5) is 4.79 Å². The Bertz CT molecular complexity index is 1350. The maximum Gasteiger partial charge on any atom is 0.315 e. The second kappa shape index (κ2) is 15.7. The van der Waals surface area contributed by atoms with Gasteiger partial charge < -0.3 is 26.6 Å². The van der Waals surface area contributed by atoms with Gasteiger partial charge in [-0.25, -0.2) is 4.79 Å². The predicted molar refractivity (Wildman–Crippen MR) is 180 cm³/mol. The van der Waals surface area contributed by atoms with Gasteiger partial charge in [-0.1, -0.05) is 104 Å². The number of amides is 5. The molecule has 0 bridgehead atoms. The average Bonchev–Trinajstić information content (AvgIpc) is 3.75. The van der Waals surface area contributed by atoms with E-state index in [1.165, 1.54) is 4.90 Å². The van der Waals surface area contributed by atoms with E-state index < -0.39 is 65.0 Å². The molecule has 0 spiro atoms. The van der Waals surface area contributed by atoms with Gasteiger partial charge in [0.2, 0.25) is 17.6 Å². The van der Waals surface area contributed by atoms with Crippen LogP contribution in [0.5, 0.6) is 0 Å². The highest BCUT2D eigenvalue weighted by molar-refractivity contribution is 6.37. The number of nitrogens with two attached hydrogens (primary N) is 1. The lowest BCUT2D eigenvalue weighted by Crippen LogP contribution is -2.61. The Morgan fingerprint density at radius 2 is 1.57 bits per heavy atom. The van der Waals surface area contributed by atoms with Crippen molar-refractivity contribution in [3.63, 3.8) is 0 Å². The van der Waals surface area contributed by atoms with Crippen LogP contribution < -0.4 is 21.7 Å². The van der Waals surface area contributed by atoms with Crippen molar-refractivity contribution >= 4 is 35.3 Å². The zero-order chi connectivity index (χ0) is 35.2. The molecule has 1 heterocycles. The van der Waals surface area contributed by atoms with Gasteiger partial charge in [0.15, 0.2) is 5.78 Å². The number of Topliss-reactive ketones (excluding diaryl/α,β-unsaturated/α-hetero) is 2. The van der Waals surface area contributed by atoms with Crippen molar-refractivity contribution in [1.82, 2.24) is 20.9 Å². The Morgan fingerprint density at radius 3 is 2.09 bits per heavy atom. The normalized spacial score (nSPS) is 20.0. The molecule has 11 heteroatoms. The van der Waals surface area contributed by atoms with Crippen molar-refractivity contribution in [2.45, 2.75) is 105 Å². The maximum atomic E-state index is 14.4. The van der Waals surface area contributed by atoms with Crippen molar-refractivity contribution < 1.29 is 28.8 Å². The number of carbonyl (C=O) groups excluding carboxylic acids is 6. The molecule has 5 atom stereocenters. The Kier molecular flexibility index (Phi) is 12.5. The van der Waals surface area contributed by atoms with E-state index in [0.717, 1.165) is 12.8 Å². The second-order valence-electron chi connectivity index (χ2n) is 14.9. The van der Waals surface area contributed by atoms with Crippen LogP contribution in [0.3, 0.4) is 0 Å². The van der Waals surface area contributed by atoms with Gasteiger partial charge in [-0.3, -0.25) is 24.0 Å². The Balaban J connectivity index is 1.83. The number of carbonyl (C=O) groups is 6. The third-order valence-corrected chi connectivity index (χ3v) is 9.24. The van der Waals surface area contributed by atoms with Crippen LogP contribution >= 0.6 is 0 Å². The van der Waals surface area contributed by atoms with Gasteiger partial charge in [-0.2, -0.15) is 0 Å². The fourth-order valence-electron chi connectivity index (χ4n) is 6.25. The third kappa shape index (κ3) is 9.98. The molecule has 5 amide bonds. The van der Waals surface area contributed by atoms with E-state index in [9.17, 15) is 28.8 Å². The first-order valence-electron chi connectivity index (χ1n) is 16.7. The largest absolute Gasteiger partial charge is 0.363 e. The summed E-state index contributed by atoms with van der Waals surface area (Å²) < 4.78 is 0. The number of urea groups is 1. The monoisotopic (exact) mass is 651 g/mol. The molecule has 0 radical (unpaired) electrons. The van der Waals surface area contributed by atoms with Gasteiger partial charge in [0.25, 0.3) is 5.91 Å². The second-order valence-corrected chi connectivity index (χ2v) is 14.9. The molecule has 3 rings (SSSR count). The molecule has 0 aromatic heterocycles. The molecule has 1 aliphatic carbocycles. The van der Waals surface area contributed by atoms with Gasteiger partial charge in [-0.05, 0) is 36.0 Å². The molecular weight excluding hydrogens is 598 g/mol. The molecule has 258 valence electrons. The zero-order valence-corrected chi connectivity index (χ0v) is 28.9. The standard InChI is InChI=1S/C36H53N5O6/c1-20(2)26(18-27(42)24-12-10-9-11-13-24)39-35(47)40-31(36(6,7)8)34(46)41-19-22(5)28(21(3)4)29(41)33(45)38-25(30(43)32(37)44)17-16-23-14-15-23/h9-13,20-21,23,25-26,28-29,31H,5,14-19H2,1-4,6-8H3,(H2,37,44)(H,38,45)(H2,39,40,47)/t25?,26-,28+,29+,31-/m1/s1. The molecule has 1 aromatic rings. The molecule has 1 saturated heterocycles. The molecule has 5 N–H and O–H groups in total. The lowest BCUT2D eigenvalue weighted by Gasteiger charge is -2.37. The number of likely N-dealkylation sites (tertiary alicyclic amines) is 1. The molecule has 1 aliphatic heterocycles. The highest BCUT2D eigenvalue weighted by Crippen LogP contribution is 2.37. The van der Waals surface area contributed by atoms with Crippen LogP contribution in [0.2, 0.25) is 0 Å². The summed E-state index contributed by atoms with van der Waals surface area (Å²) in [6, 6.07) is 4.60. The van der Waals surface area contributed by atoms with Gasteiger partial charge >= 0.3 is 6.03 Å². The maximum absolute atomic E-state index is 14.4. The van der Waals surface area contributed by atoms with E-state index in [0.29, 0.717) is 23.5 Å². The summed E-state index contributed by atoms with van der Waals surface area (Å²) in [5, 5.41) is 8.47. The van der Waals surface area contributed by atoms with Crippen LogP contribution in [0.15, 0.2) is 42.5 Å². The van der Waals surface area contributed by atoms with Crippen molar-refractivity contribution in [2.24, 2.45) is 34.8 Å². The summed E-state index contributed by atoms with van der Waals surface area (Å²) in [7, 11) is 0. The summed E-state index contributed by atoms with van der Waals surface area (Å²) in [4.78, 5) is 80.6. The van der Waals surface area contributed by atoms with Crippen LogP contribution in [0.1, 0.15) is 90.9 Å². The van der Waals surface area contributed by atoms with E-state index >= 15 is 0 Å². The molecule has 2 aliphatic rings. The van der Waals surface area contributed by atoms with Crippen molar-refractivity contribution in [2.75, 3.05) is 6.54 Å². The van der Waals surface area contributed by atoms with E-state index in [-0.39, 0.29) is 37.0 Å². The number of rotatable bonds is 15. The quantitative estimate of drug-likeness (QED) is 0.128. The first kappa shape index (κ1) is 37.4. The van der Waals surface area contributed by atoms with Gasteiger partial charge in [0.05, 0.1) is 6.04 Å². The zero-order valence-electron chi connectivity index (χ0n) is 28.9. The molecule has 1 saturated carbocycles. The van der Waals surface area contributed by atoms with Gasteiger partial charge in [0.1, 0.15) is 12.1 Å². The van der Waals surface area contributed by atoms with E-state index in [1.54, 1.807) is 24.3 Å². The first-order valence-corrected chi connectivity index (χ1v) is 16.7. The van der Waals surface area contributed by atoms with Gasteiger partial charge in [0, 0.05) is 30.5 Å². The summed E-state index contributed by atoms with van der Waals surface area (Å²) in [5.41, 5.74) is 5.78. The van der Waals surface area contributed by atoms with Crippen LogP contribution in [0, 0.1) is 29.1 Å². The summed E-state index contributed by atoms with van der Waals surface area (Å²) >= 11 is 0. The minimum absolute atomic E-state index is 0.0741. The lowest BCUT2D eigenvalue weighted by atomic mass is 9.84. The number of ketones is 2. The van der Waals surface area contributed by atoms with Gasteiger partial charge in [-0.15, -0.1) is 0 Å². The van der Waals surface area contributed by atoms with Crippen LogP contribution in [-0.4, -0.2) is 70.9 Å². The Hall–Kier alpha value is -4.02. The average molecular weight is 652 g/mol. The minimum atomic E-state index is -1.12. The summed E-state index contributed by atoms with van der Waals surface area (Å²) in [6.07, 6.45) is 3.13. The summed E-state index contributed by atoms with van der Waals surface area (Å²) in [5.74, 6) is -3.26. The number of primary amides is 1. The first-order chi connectivity index (χ1) is 21.9. The smallest absolute Gasteiger partial charge is 0.315 e. The minimum Gasteiger partial charge on any atom is -0.363 e. The van der Waals surface area contributed by atoms with E-state index in [2.05, 4.69) is 22.5 Å². The Labute approximate surface area is 278 Å². The lowest BCUT2D eigenvalue weighted by molar-refractivity contribution is -0.144. The number of hydrogen-bond donors (Lipinski definition) is 4. The molecule has 1 aromatic carbocycles. The molecule has 47 heavy (non-hydrogen) atoms. The predicted octanol–water partition coefficient (Wildman–Crippen LogP) is 3.77. The van der Waals surface area contributed by atoms with Crippen molar-refractivity contribution in [3.05, 3.63) is 48.0 Å². The Morgan fingerprint density at radius 1 is 0.957 bits per heavy atom. The summed E-state index contributed by atoms with van der Waals surface area (Å²) in [6.45, 7) is 17.4. The van der Waals surface area contributed by atoms with E-state index in [1.807, 2.05) is 54.5 Å². The SMILES string of the molecule is C=C1CN(C(=O)[C@@H](NC(=O)N[C@H](CC(=O)c2ccccc2)C(C)C)C(C)(C)C)[C@H](C(=O)NC(CCC2CC2)C(=O)C(N)=O)[C@H]1C(C)C. The topological polar surface area (TPSA) is 168 Å². The third-order valence-electron chi connectivity index (χ3n) is 9.24. The molecular formula is C36H53N5O6. The number of hydrogen-bond acceptors (Lipinski definition) is 6. The fraction of sp³-hybridized carbons (Fsp3) is 0.611. The molecule has 1 unspecified atom stereocenters. The fourth-order valence-corrected chi connectivity index (χ4v) is 6.25. The number of nitrogens with one attached hydrogen (secondary N) is 3. The van der Waals surface area contributed by atoms with Crippen LogP contribution in [-0.2, 0) is 19.2 Å².